The number of sulfone groups is 1. The molecule has 6 nitrogen and oxygen atoms in total. The van der Waals surface area contributed by atoms with Gasteiger partial charge < -0.3 is 10.1 Å². The minimum absolute atomic E-state index is 0.130. The summed E-state index contributed by atoms with van der Waals surface area (Å²) in [5.74, 6) is -1.05. The lowest BCUT2D eigenvalue weighted by molar-refractivity contribution is 0.0607. The van der Waals surface area contributed by atoms with E-state index in [0.717, 1.165) is 4.88 Å². The number of thiophene rings is 2. The number of anilines is 1. The van der Waals surface area contributed by atoms with Crippen molar-refractivity contribution < 1.29 is 22.7 Å². The highest BCUT2D eigenvalue weighted by molar-refractivity contribution is 7.91. The van der Waals surface area contributed by atoms with Crippen molar-refractivity contribution in [2.45, 2.75) is 10.6 Å². The molecule has 0 aliphatic carbocycles. The van der Waals surface area contributed by atoms with Crippen molar-refractivity contribution >= 4 is 50.1 Å². The van der Waals surface area contributed by atoms with Crippen molar-refractivity contribution in [2.75, 3.05) is 12.4 Å². The Hall–Kier alpha value is -2.49. The van der Waals surface area contributed by atoms with E-state index in [1.165, 1.54) is 29.8 Å². The van der Waals surface area contributed by atoms with Gasteiger partial charge in [-0.15, -0.1) is 22.7 Å². The molecule has 1 amide bonds. The van der Waals surface area contributed by atoms with Gasteiger partial charge in [-0.25, -0.2) is 13.2 Å². The topological polar surface area (TPSA) is 89.5 Å². The van der Waals surface area contributed by atoms with Gasteiger partial charge in [-0.2, -0.15) is 0 Å². The van der Waals surface area contributed by atoms with Gasteiger partial charge in [-0.05, 0) is 29.1 Å². The van der Waals surface area contributed by atoms with Crippen LogP contribution < -0.4 is 5.32 Å². The third-order valence-electron chi connectivity index (χ3n) is 4.13. The molecule has 0 fully saturated rings. The Kier molecular flexibility index (Phi) is 4.37. The summed E-state index contributed by atoms with van der Waals surface area (Å²) >= 11 is 2.41. The van der Waals surface area contributed by atoms with Gasteiger partial charge >= 0.3 is 5.97 Å². The molecule has 1 aliphatic rings. The Balaban J connectivity index is 1.69. The first kappa shape index (κ1) is 17.9. The average Bonchev–Trinajstić information content (AvgIpc) is 3.27. The molecule has 1 N–H and O–H groups in total. The van der Waals surface area contributed by atoms with E-state index in [-0.39, 0.29) is 10.6 Å². The third-order valence-corrected chi connectivity index (χ3v) is 7.95. The molecule has 0 spiro atoms. The zero-order valence-electron chi connectivity index (χ0n) is 14.0. The second kappa shape index (κ2) is 6.59. The molecule has 138 valence electrons. The summed E-state index contributed by atoms with van der Waals surface area (Å²) in [6.07, 6.45) is 0. The summed E-state index contributed by atoms with van der Waals surface area (Å²) in [6.45, 7) is 0. The molecule has 27 heavy (non-hydrogen) atoms. The lowest BCUT2D eigenvalue weighted by Crippen LogP contribution is -2.13. The summed E-state index contributed by atoms with van der Waals surface area (Å²) in [5, 5.41) is 4.39. The Labute approximate surface area is 163 Å². The fourth-order valence-corrected chi connectivity index (χ4v) is 6.55. The van der Waals surface area contributed by atoms with Gasteiger partial charge in [-0.3, -0.25) is 4.79 Å². The molecule has 0 radical (unpaired) electrons. The quantitative estimate of drug-likeness (QED) is 0.652. The van der Waals surface area contributed by atoms with Crippen LogP contribution >= 0.6 is 22.7 Å². The predicted octanol–water partition coefficient (Wildman–Crippen LogP) is 3.80. The first-order chi connectivity index (χ1) is 12.9. The zero-order chi connectivity index (χ0) is 19.2. The zero-order valence-corrected chi connectivity index (χ0v) is 16.5. The maximum Gasteiger partial charge on any atom is 0.350 e. The van der Waals surface area contributed by atoms with Crippen molar-refractivity contribution in [1.29, 1.82) is 0 Å². The summed E-state index contributed by atoms with van der Waals surface area (Å²) in [4.78, 5) is 26.2. The summed E-state index contributed by atoms with van der Waals surface area (Å²) < 4.78 is 29.7. The largest absolute Gasteiger partial charge is 0.465 e. The van der Waals surface area contributed by atoms with E-state index in [2.05, 4.69) is 5.32 Å². The molecule has 0 atom stereocenters. The smallest absolute Gasteiger partial charge is 0.350 e. The van der Waals surface area contributed by atoms with Gasteiger partial charge in [0, 0.05) is 10.4 Å². The predicted molar refractivity (Wildman–Crippen MR) is 104 cm³/mol. The molecular weight excluding hydrogens is 406 g/mol. The van der Waals surface area contributed by atoms with Crippen LogP contribution in [0.5, 0.6) is 0 Å². The average molecular weight is 420 g/mol. The van der Waals surface area contributed by atoms with Crippen LogP contribution in [0.15, 0.2) is 46.7 Å². The fraction of sp³-hybridized carbons (Fsp3) is 0.111. The number of hydrogen-bond acceptors (Lipinski definition) is 7. The molecule has 0 unspecified atom stereocenters. The van der Waals surface area contributed by atoms with Crippen LogP contribution in [0.4, 0.5) is 5.69 Å². The van der Waals surface area contributed by atoms with Crippen molar-refractivity contribution in [2.24, 2.45) is 0 Å². The minimum atomic E-state index is -3.42. The van der Waals surface area contributed by atoms with E-state index in [9.17, 15) is 18.0 Å². The second-order valence-corrected chi connectivity index (χ2v) is 9.76. The van der Waals surface area contributed by atoms with E-state index in [0.29, 0.717) is 26.6 Å². The van der Waals surface area contributed by atoms with E-state index in [1.807, 2.05) is 0 Å². The van der Waals surface area contributed by atoms with E-state index < -0.39 is 21.7 Å². The lowest BCUT2D eigenvalue weighted by Gasteiger charge is -2.15. The van der Waals surface area contributed by atoms with Crippen LogP contribution in [0.3, 0.4) is 0 Å². The number of hydrogen-bond donors (Lipinski definition) is 1. The molecule has 9 heteroatoms. The number of esters is 1. The number of amides is 1. The fourth-order valence-electron chi connectivity index (χ4n) is 2.93. The normalized spacial score (nSPS) is 14.1. The lowest BCUT2D eigenvalue weighted by atomic mass is 10.1. The first-order valence-corrected chi connectivity index (χ1v) is 11.2. The van der Waals surface area contributed by atoms with E-state index in [4.69, 9.17) is 4.74 Å². The van der Waals surface area contributed by atoms with Gasteiger partial charge in [0.2, 0.25) is 0 Å². The Bertz CT molecular complexity index is 1170. The number of rotatable bonds is 3. The van der Waals surface area contributed by atoms with Gasteiger partial charge in [0.05, 0.1) is 28.3 Å². The Morgan fingerprint density at radius 2 is 1.96 bits per heavy atom. The Morgan fingerprint density at radius 1 is 1.19 bits per heavy atom. The SMILES string of the molecule is COC(=O)c1sccc1NC(=O)c1cc2c(s1)-c1ccccc1S(=O)(=O)C2. The van der Waals surface area contributed by atoms with Gasteiger partial charge in [0.1, 0.15) is 4.88 Å². The number of methoxy groups -OCH3 is 1. The van der Waals surface area contributed by atoms with Crippen LogP contribution in [-0.2, 0) is 20.3 Å². The van der Waals surface area contributed by atoms with Crippen molar-refractivity contribution in [3.63, 3.8) is 0 Å². The van der Waals surface area contributed by atoms with Gasteiger partial charge in [0.25, 0.3) is 5.91 Å². The number of ether oxygens (including phenoxy) is 1. The highest BCUT2D eigenvalue weighted by Crippen LogP contribution is 2.42. The Morgan fingerprint density at radius 3 is 2.74 bits per heavy atom. The molecule has 3 heterocycles. The van der Waals surface area contributed by atoms with Crippen LogP contribution in [0.2, 0.25) is 0 Å². The van der Waals surface area contributed by atoms with Crippen molar-refractivity contribution in [1.82, 2.24) is 0 Å². The number of benzene rings is 1. The molecule has 4 rings (SSSR count). The summed E-state index contributed by atoms with van der Waals surface area (Å²) in [5.41, 5.74) is 1.60. The van der Waals surface area contributed by atoms with Gasteiger partial charge in [0.15, 0.2) is 9.84 Å². The minimum Gasteiger partial charge on any atom is -0.465 e. The monoisotopic (exact) mass is 419 g/mol. The standard InChI is InChI=1S/C18H13NO5S3/c1-24-18(21)16-12(6-7-25-16)19-17(20)13-8-10-9-27(22,23)14-5-3-2-4-11(14)15(10)26-13/h2-8H,9H2,1H3,(H,19,20). The molecule has 3 aromatic rings. The molecule has 1 aromatic carbocycles. The maximum atomic E-state index is 12.7. The molecule has 0 saturated heterocycles. The number of nitrogens with one attached hydrogen (secondary N) is 1. The van der Waals surface area contributed by atoms with E-state index in [1.54, 1.807) is 41.8 Å². The number of fused-ring (bicyclic) bond motifs is 3. The summed E-state index contributed by atoms with van der Waals surface area (Å²) in [6, 6.07) is 10.0. The van der Waals surface area contributed by atoms with Crippen molar-refractivity contribution in [3.05, 3.63) is 57.1 Å². The molecule has 0 bridgehead atoms. The molecule has 2 aromatic heterocycles. The number of carbonyl (C=O) groups is 2. The van der Waals surface area contributed by atoms with Crippen LogP contribution in [0.25, 0.3) is 10.4 Å². The highest BCUT2D eigenvalue weighted by Gasteiger charge is 2.30. The van der Waals surface area contributed by atoms with Gasteiger partial charge in [-0.1, -0.05) is 18.2 Å². The van der Waals surface area contributed by atoms with Crippen LogP contribution in [0, 0.1) is 0 Å². The summed E-state index contributed by atoms with van der Waals surface area (Å²) in [7, 11) is -2.15. The molecule has 1 aliphatic heterocycles. The third kappa shape index (κ3) is 3.07. The van der Waals surface area contributed by atoms with Crippen LogP contribution in [0.1, 0.15) is 24.9 Å². The molecule has 0 saturated carbocycles. The van der Waals surface area contributed by atoms with Crippen LogP contribution in [-0.4, -0.2) is 27.4 Å². The first-order valence-electron chi connectivity index (χ1n) is 7.83. The second-order valence-electron chi connectivity index (χ2n) is 5.83. The molecular formula is C18H13NO5S3. The maximum absolute atomic E-state index is 12.7. The number of carbonyl (C=O) groups excluding carboxylic acids is 2. The van der Waals surface area contributed by atoms with E-state index >= 15 is 0 Å². The highest BCUT2D eigenvalue weighted by atomic mass is 32.2. The van der Waals surface area contributed by atoms with Crippen molar-refractivity contribution in [3.8, 4) is 10.4 Å².